The Labute approximate surface area is 205 Å². The zero-order chi connectivity index (χ0) is 25.0. The van der Waals surface area contributed by atoms with E-state index in [1.165, 1.54) is 50.3 Å². The molecule has 1 amide bonds. The number of carbonyl (C=O) groups is 1. The summed E-state index contributed by atoms with van der Waals surface area (Å²) in [6.07, 6.45) is 4.88. The van der Waals surface area contributed by atoms with Crippen LogP contribution in [-0.2, 0) is 13.6 Å². The third-order valence-electron chi connectivity index (χ3n) is 7.17. The SMILES string of the molecule is CCCCCCCN1CC2C(C1)C2CN(Cc1cccc(OC(F)(F)F)c1)C(=O)c1cn(C)cn1. The number of aryl methyl sites for hydroxylation is 1. The molecule has 2 aliphatic rings. The third kappa shape index (κ3) is 6.99. The largest absolute Gasteiger partial charge is 0.573 e. The average molecular weight is 493 g/mol. The molecule has 1 aromatic carbocycles. The van der Waals surface area contributed by atoms with Crippen LogP contribution in [0.4, 0.5) is 13.2 Å². The summed E-state index contributed by atoms with van der Waals surface area (Å²) < 4.78 is 43.8. The van der Waals surface area contributed by atoms with Crippen molar-refractivity contribution in [1.82, 2.24) is 19.4 Å². The van der Waals surface area contributed by atoms with Gasteiger partial charge in [0.05, 0.1) is 6.33 Å². The maximum absolute atomic E-state index is 13.3. The number of alkyl halides is 3. The third-order valence-corrected chi connectivity index (χ3v) is 7.17. The van der Waals surface area contributed by atoms with Crippen molar-refractivity contribution in [3.63, 3.8) is 0 Å². The highest BCUT2D eigenvalue weighted by molar-refractivity contribution is 5.92. The first-order chi connectivity index (χ1) is 16.7. The number of benzene rings is 1. The summed E-state index contributed by atoms with van der Waals surface area (Å²) in [5.74, 6) is 1.12. The Morgan fingerprint density at radius 1 is 1.17 bits per heavy atom. The van der Waals surface area contributed by atoms with Crippen molar-refractivity contribution < 1.29 is 22.7 Å². The molecule has 35 heavy (non-hydrogen) atoms. The number of imidazole rings is 1. The predicted molar refractivity (Wildman–Crippen MR) is 127 cm³/mol. The van der Waals surface area contributed by atoms with E-state index in [1.54, 1.807) is 35.1 Å². The zero-order valence-electron chi connectivity index (χ0n) is 20.5. The van der Waals surface area contributed by atoms with Crippen molar-refractivity contribution in [1.29, 1.82) is 0 Å². The van der Waals surface area contributed by atoms with Crippen molar-refractivity contribution >= 4 is 5.91 Å². The number of hydrogen-bond donors (Lipinski definition) is 0. The fourth-order valence-corrected chi connectivity index (χ4v) is 5.35. The summed E-state index contributed by atoms with van der Waals surface area (Å²) in [5, 5.41) is 0. The van der Waals surface area contributed by atoms with Gasteiger partial charge in [0.2, 0.25) is 0 Å². The van der Waals surface area contributed by atoms with Crippen LogP contribution in [0.1, 0.15) is 55.1 Å². The molecule has 1 saturated heterocycles. The highest BCUT2D eigenvalue weighted by atomic mass is 19.4. The van der Waals surface area contributed by atoms with Crippen molar-refractivity contribution in [2.75, 3.05) is 26.2 Å². The van der Waals surface area contributed by atoms with E-state index < -0.39 is 6.36 Å². The molecule has 1 saturated carbocycles. The number of likely N-dealkylation sites (tertiary alicyclic amines) is 1. The minimum Gasteiger partial charge on any atom is -0.406 e. The molecule has 2 fully saturated rings. The summed E-state index contributed by atoms with van der Waals surface area (Å²) >= 11 is 0. The lowest BCUT2D eigenvalue weighted by Crippen LogP contribution is -2.35. The van der Waals surface area contributed by atoms with Crippen molar-refractivity contribution in [3.8, 4) is 5.75 Å². The van der Waals surface area contributed by atoms with E-state index in [2.05, 4.69) is 21.5 Å². The van der Waals surface area contributed by atoms with Gasteiger partial charge in [-0.3, -0.25) is 4.79 Å². The van der Waals surface area contributed by atoms with E-state index in [1.807, 2.05) is 0 Å². The van der Waals surface area contributed by atoms with Gasteiger partial charge in [0.1, 0.15) is 11.4 Å². The summed E-state index contributed by atoms with van der Waals surface area (Å²) in [6, 6.07) is 5.85. The van der Waals surface area contributed by atoms with E-state index in [9.17, 15) is 18.0 Å². The lowest BCUT2D eigenvalue weighted by atomic mass is 10.1. The molecule has 0 spiro atoms. The van der Waals surface area contributed by atoms with Gasteiger partial charge >= 0.3 is 6.36 Å². The minimum atomic E-state index is -4.75. The zero-order valence-corrected chi connectivity index (χ0v) is 20.5. The number of amides is 1. The Bertz CT molecular complexity index is 981. The molecule has 1 aromatic heterocycles. The van der Waals surface area contributed by atoms with E-state index in [4.69, 9.17) is 0 Å². The molecular formula is C26H35F3N4O2. The van der Waals surface area contributed by atoms with Crippen LogP contribution < -0.4 is 4.74 Å². The minimum absolute atomic E-state index is 0.203. The average Bonchev–Trinajstić information content (AvgIpc) is 3.13. The van der Waals surface area contributed by atoms with E-state index >= 15 is 0 Å². The summed E-state index contributed by atoms with van der Waals surface area (Å²) in [4.78, 5) is 21.8. The molecule has 192 valence electrons. The Morgan fingerprint density at radius 3 is 2.57 bits per heavy atom. The number of unbranched alkanes of at least 4 members (excludes halogenated alkanes) is 4. The number of rotatable bonds is 12. The van der Waals surface area contributed by atoms with E-state index in [0.717, 1.165) is 19.6 Å². The van der Waals surface area contributed by atoms with Gasteiger partial charge in [-0.1, -0.05) is 44.7 Å². The van der Waals surface area contributed by atoms with Crippen molar-refractivity contribution in [2.24, 2.45) is 24.8 Å². The smallest absolute Gasteiger partial charge is 0.406 e. The Balaban J connectivity index is 1.37. The van der Waals surface area contributed by atoms with Crippen LogP contribution in [0.2, 0.25) is 0 Å². The number of ether oxygens (including phenoxy) is 1. The van der Waals surface area contributed by atoms with Crippen molar-refractivity contribution in [3.05, 3.63) is 48.0 Å². The monoisotopic (exact) mass is 492 g/mol. The van der Waals surface area contributed by atoms with Crippen LogP contribution in [0, 0.1) is 17.8 Å². The van der Waals surface area contributed by atoms with Gasteiger partial charge in [-0.15, -0.1) is 13.2 Å². The maximum Gasteiger partial charge on any atom is 0.573 e. The number of aromatic nitrogens is 2. The normalized spacial score (nSPS) is 21.7. The molecule has 0 N–H and O–H groups in total. The Kier molecular flexibility index (Phi) is 8.04. The second-order valence-corrected chi connectivity index (χ2v) is 9.97. The highest BCUT2D eigenvalue weighted by Crippen LogP contribution is 2.52. The van der Waals surface area contributed by atoms with E-state index in [-0.39, 0.29) is 18.2 Å². The molecule has 2 unspecified atom stereocenters. The maximum atomic E-state index is 13.3. The van der Waals surface area contributed by atoms with Gasteiger partial charge in [0.25, 0.3) is 5.91 Å². The molecule has 9 heteroatoms. The fraction of sp³-hybridized carbons (Fsp3) is 0.615. The van der Waals surface area contributed by atoms with Gasteiger partial charge in [0.15, 0.2) is 0 Å². The highest BCUT2D eigenvalue weighted by Gasteiger charge is 2.55. The number of carbonyl (C=O) groups excluding carboxylic acids is 1. The molecule has 2 atom stereocenters. The molecule has 2 heterocycles. The van der Waals surface area contributed by atoms with Crippen LogP contribution in [0.25, 0.3) is 0 Å². The van der Waals surface area contributed by atoms with Gasteiger partial charge in [-0.25, -0.2) is 4.98 Å². The molecule has 1 aliphatic heterocycles. The van der Waals surface area contributed by atoms with Gasteiger partial charge in [0, 0.05) is 39.4 Å². The molecule has 4 rings (SSSR count). The number of hydrogen-bond acceptors (Lipinski definition) is 4. The standard InChI is InChI=1S/C26H35F3N4O2/c1-3-4-5-6-7-11-32-14-21-22(15-32)23(21)16-33(25(34)24-17-31(2)18-30-24)13-19-9-8-10-20(12-19)35-26(27,28)29/h8-10,12,17-18,21-23H,3-7,11,13-16H2,1-2H3. The van der Waals surface area contributed by atoms with Gasteiger partial charge in [-0.05, 0) is 48.4 Å². The lowest BCUT2D eigenvalue weighted by molar-refractivity contribution is -0.274. The summed E-state index contributed by atoms with van der Waals surface area (Å²) in [6.45, 7) is 6.31. The number of fused-ring (bicyclic) bond motifs is 1. The van der Waals surface area contributed by atoms with Crippen LogP contribution in [0.15, 0.2) is 36.8 Å². The molecule has 0 bridgehead atoms. The second-order valence-electron chi connectivity index (χ2n) is 9.97. The van der Waals surface area contributed by atoms with Crippen LogP contribution >= 0.6 is 0 Å². The number of piperidine rings is 1. The second kappa shape index (κ2) is 11.0. The first-order valence-corrected chi connectivity index (χ1v) is 12.6. The number of halogens is 3. The molecule has 6 nitrogen and oxygen atoms in total. The molecular weight excluding hydrogens is 457 g/mol. The summed E-state index contributed by atoms with van der Waals surface area (Å²) in [7, 11) is 1.80. The molecule has 0 radical (unpaired) electrons. The predicted octanol–water partition coefficient (Wildman–Crippen LogP) is 5.11. The van der Waals surface area contributed by atoms with E-state index in [0.29, 0.717) is 35.6 Å². The van der Waals surface area contributed by atoms with Crippen LogP contribution in [-0.4, -0.2) is 57.8 Å². The lowest BCUT2D eigenvalue weighted by Gasteiger charge is -2.25. The molecule has 2 aromatic rings. The Hall–Kier alpha value is -2.55. The van der Waals surface area contributed by atoms with Crippen LogP contribution in [0.5, 0.6) is 5.75 Å². The van der Waals surface area contributed by atoms with Crippen LogP contribution in [0.3, 0.4) is 0 Å². The first-order valence-electron chi connectivity index (χ1n) is 12.6. The first kappa shape index (κ1) is 25.5. The quantitative estimate of drug-likeness (QED) is 0.387. The molecule has 1 aliphatic carbocycles. The topological polar surface area (TPSA) is 50.6 Å². The summed E-state index contributed by atoms with van der Waals surface area (Å²) in [5.41, 5.74) is 0.935. The van der Waals surface area contributed by atoms with Gasteiger partial charge < -0.3 is 19.1 Å². The number of nitrogens with zero attached hydrogens (tertiary/aromatic N) is 4. The van der Waals surface area contributed by atoms with Gasteiger partial charge in [-0.2, -0.15) is 0 Å². The van der Waals surface area contributed by atoms with Crippen molar-refractivity contribution in [2.45, 2.75) is 51.9 Å². The fourth-order valence-electron chi connectivity index (χ4n) is 5.35. The Morgan fingerprint density at radius 2 is 1.91 bits per heavy atom.